The molecule has 0 aliphatic rings. The van der Waals surface area contributed by atoms with Crippen molar-refractivity contribution in [2.75, 3.05) is 0 Å². The number of hydrogen-bond donors (Lipinski definition) is 0. The Kier molecular flexibility index (Phi) is 4.69. The molecule has 0 aromatic heterocycles. The van der Waals surface area contributed by atoms with Gasteiger partial charge < -0.3 is 4.74 Å². The summed E-state index contributed by atoms with van der Waals surface area (Å²) in [5, 5.41) is 9.30. The summed E-state index contributed by atoms with van der Waals surface area (Å²) in [5.74, 6) is -0.401. The fourth-order valence-electron chi connectivity index (χ4n) is 2.51. The van der Waals surface area contributed by atoms with Gasteiger partial charge in [0.1, 0.15) is 6.61 Å². The summed E-state index contributed by atoms with van der Waals surface area (Å²) in [7, 11) is 0. The minimum absolute atomic E-state index is 0.216. The fraction of sp³-hybridized carbons (Fsp3) is 0.0476. The Bertz CT molecular complexity index is 895. The highest BCUT2D eigenvalue weighted by atomic mass is 16.5. The monoisotopic (exact) mass is 313 g/mol. The Hall–Kier alpha value is -3.38. The predicted molar refractivity (Wildman–Crippen MR) is 92.2 cm³/mol. The largest absolute Gasteiger partial charge is 0.457 e. The van der Waals surface area contributed by atoms with E-state index < -0.39 is 5.97 Å². The third-order valence-corrected chi connectivity index (χ3v) is 3.70. The number of ether oxygens (including phenoxy) is 1. The van der Waals surface area contributed by atoms with E-state index in [1.807, 2.05) is 54.6 Å². The zero-order valence-electron chi connectivity index (χ0n) is 13.0. The Morgan fingerprint density at radius 3 is 2.21 bits per heavy atom. The number of carbonyl (C=O) groups is 1. The molecule has 0 saturated carbocycles. The summed E-state index contributed by atoms with van der Waals surface area (Å²) < 4.78 is 5.43. The van der Waals surface area contributed by atoms with Gasteiger partial charge in [0.2, 0.25) is 0 Å². The van der Waals surface area contributed by atoms with Crippen molar-refractivity contribution >= 4 is 5.97 Å². The highest BCUT2D eigenvalue weighted by molar-refractivity contribution is 5.98. The van der Waals surface area contributed by atoms with Gasteiger partial charge in [0, 0.05) is 5.56 Å². The lowest BCUT2D eigenvalue weighted by atomic mass is 9.96. The van der Waals surface area contributed by atoms with E-state index >= 15 is 0 Å². The van der Waals surface area contributed by atoms with E-state index in [0.29, 0.717) is 16.7 Å². The van der Waals surface area contributed by atoms with Crippen molar-refractivity contribution in [3.8, 4) is 17.2 Å². The average molecular weight is 313 g/mol. The first-order valence-electron chi connectivity index (χ1n) is 7.59. The minimum Gasteiger partial charge on any atom is -0.457 e. The quantitative estimate of drug-likeness (QED) is 0.662. The van der Waals surface area contributed by atoms with Gasteiger partial charge in [-0.25, -0.2) is 4.79 Å². The highest BCUT2D eigenvalue weighted by Crippen LogP contribution is 2.27. The second-order valence-electron chi connectivity index (χ2n) is 5.26. The number of benzene rings is 3. The van der Waals surface area contributed by atoms with Crippen LogP contribution in [0.4, 0.5) is 0 Å². The van der Waals surface area contributed by atoms with Crippen LogP contribution >= 0.6 is 0 Å². The molecule has 0 bridgehead atoms. The number of nitrogens with zero attached hydrogens (tertiary/aromatic N) is 1. The molecule has 0 unspecified atom stereocenters. The molecule has 0 fully saturated rings. The molecule has 3 nitrogen and oxygen atoms in total. The first kappa shape index (κ1) is 15.5. The molecule has 0 aliphatic carbocycles. The van der Waals surface area contributed by atoms with Crippen LogP contribution in [0.1, 0.15) is 21.5 Å². The van der Waals surface area contributed by atoms with Gasteiger partial charge in [0.05, 0.1) is 17.2 Å². The molecule has 0 spiro atoms. The van der Waals surface area contributed by atoms with E-state index in [1.54, 1.807) is 24.3 Å². The van der Waals surface area contributed by atoms with Gasteiger partial charge in [0.15, 0.2) is 0 Å². The molecule has 0 atom stereocenters. The van der Waals surface area contributed by atoms with Crippen molar-refractivity contribution in [2.45, 2.75) is 6.61 Å². The maximum absolute atomic E-state index is 12.5. The molecule has 116 valence electrons. The first-order valence-corrected chi connectivity index (χ1v) is 7.59. The maximum Gasteiger partial charge on any atom is 0.339 e. The number of nitriles is 1. The van der Waals surface area contributed by atoms with Crippen LogP contribution in [0.2, 0.25) is 0 Å². The number of hydrogen-bond acceptors (Lipinski definition) is 3. The average Bonchev–Trinajstić information content (AvgIpc) is 2.67. The Balaban J connectivity index is 1.89. The molecule has 0 saturated heterocycles. The molecule has 0 N–H and O–H groups in total. The van der Waals surface area contributed by atoms with Crippen molar-refractivity contribution in [1.29, 1.82) is 5.26 Å². The molecule has 0 radical (unpaired) electrons. The normalized spacial score (nSPS) is 9.96. The molecule has 0 heterocycles. The third kappa shape index (κ3) is 3.34. The van der Waals surface area contributed by atoms with E-state index in [4.69, 9.17) is 4.74 Å². The van der Waals surface area contributed by atoms with Gasteiger partial charge in [-0.15, -0.1) is 0 Å². The van der Waals surface area contributed by atoms with E-state index in [2.05, 4.69) is 6.07 Å². The van der Waals surface area contributed by atoms with Crippen molar-refractivity contribution in [3.63, 3.8) is 0 Å². The van der Waals surface area contributed by atoms with E-state index in [1.165, 1.54) is 0 Å². The van der Waals surface area contributed by atoms with Crippen LogP contribution in [0, 0.1) is 11.3 Å². The van der Waals surface area contributed by atoms with Crippen molar-refractivity contribution < 1.29 is 9.53 Å². The number of esters is 1. The molecule has 3 aromatic carbocycles. The molecule has 24 heavy (non-hydrogen) atoms. The maximum atomic E-state index is 12.5. The predicted octanol–water partition coefficient (Wildman–Crippen LogP) is 4.58. The zero-order chi connectivity index (χ0) is 16.8. The Morgan fingerprint density at radius 1 is 0.833 bits per heavy atom. The van der Waals surface area contributed by atoms with Gasteiger partial charge in [-0.05, 0) is 23.3 Å². The molecule has 3 aromatic rings. The zero-order valence-corrected chi connectivity index (χ0v) is 13.0. The molecular formula is C21H15NO2. The lowest BCUT2D eigenvalue weighted by Gasteiger charge is -2.11. The summed E-state index contributed by atoms with van der Waals surface area (Å²) in [5.41, 5.74) is 3.35. The lowest BCUT2D eigenvalue weighted by Crippen LogP contribution is -2.07. The van der Waals surface area contributed by atoms with Gasteiger partial charge >= 0.3 is 5.97 Å². The Morgan fingerprint density at radius 2 is 1.46 bits per heavy atom. The summed E-state index contributed by atoms with van der Waals surface area (Å²) in [6, 6.07) is 26.1. The van der Waals surface area contributed by atoms with Crippen LogP contribution in [0.25, 0.3) is 11.1 Å². The van der Waals surface area contributed by atoms with Crippen molar-refractivity contribution in [3.05, 3.63) is 95.6 Å². The van der Waals surface area contributed by atoms with Gasteiger partial charge in [-0.1, -0.05) is 66.7 Å². The first-order chi connectivity index (χ1) is 11.8. The van der Waals surface area contributed by atoms with Crippen LogP contribution in [0.3, 0.4) is 0 Å². The molecule has 3 rings (SSSR count). The van der Waals surface area contributed by atoms with Crippen molar-refractivity contribution in [1.82, 2.24) is 0 Å². The summed E-state index contributed by atoms with van der Waals surface area (Å²) >= 11 is 0. The second kappa shape index (κ2) is 7.26. The highest BCUT2D eigenvalue weighted by Gasteiger charge is 2.15. The van der Waals surface area contributed by atoms with E-state index in [9.17, 15) is 10.1 Å². The smallest absolute Gasteiger partial charge is 0.339 e. The summed E-state index contributed by atoms with van der Waals surface area (Å²) in [6.45, 7) is 0.216. The Labute approximate surface area is 140 Å². The number of rotatable bonds is 4. The van der Waals surface area contributed by atoms with Crippen LogP contribution in [0.5, 0.6) is 0 Å². The SMILES string of the molecule is N#Cc1ccccc1-c1ccccc1C(=O)OCc1ccccc1. The van der Waals surface area contributed by atoms with Crippen LogP contribution in [0.15, 0.2) is 78.9 Å². The lowest BCUT2D eigenvalue weighted by molar-refractivity contribution is 0.0473. The second-order valence-corrected chi connectivity index (χ2v) is 5.26. The van der Waals surface area contributed by atoms with Gasteiger partial charge in [-0.3, -0.25) is 0 Å². The summed E-state index contributed by atoms with van der Waals surface area (Å²) in [6.07, 6.45) is 0. The van der Waals surface area contributed by atoms with E-state index in [0.717, 1.165) is 11.1 Å². The van der Waals surface area contributed by atoms with Crippen LogP contribution < -0.4 is 0 Å². The topological polar surface area (TPSA) is 50.1 Å². The molecule has 0 amide bonds. The molecule has 3 heteroatoms. The van der Waals surface area contributed by atoms with Crippen LogP contribution in [-0.2, 0) is 11.3 Å². The third-order valence-electron chi connectivity index (χ3n) is 3.70. The number of carbonyl (C=O) groups excluding carboxylic acids is 1. The minimum atomic E-state index is -0.401. The van der Waals surface area contributed by atoms with Gasteiger partial charge in [-0.2, -0.15) is 5.26 Å². The van der Waals surface area contributed by atoms with Crippen molar-refractivity contribution in [2.24, 2.45) is 0 Å². The molecular weight excluding hydrogens is 298 g/mol. The van der Waals surface area contributed by atoms with Crippen LogP contribution in [-0.4, -0.2) is 5.97 Å². The summed E-state index contributed by atoms with van der Waals surface area (Å²) in [4.78, 5) is 12.5. The van der Waals surface area contributed by atoms with E-state index in [-0.39, 0.29) is 6.61 Å². The fourth-order valence-corrected chi connectivity index (χ4v) is 2.51. The molecule has 0 aliphatic heterocycles. The van der Waals surface area contributed by atoms with Gasteiger partial charge in [0.25, 0.3) is 0 Å². The standard InChI is InChI=1S/C21H15NO2/c22-14-17-10-4-5-11-18(17)19-12-6-7-13-20(19)21(23)24-15-16-8-2-1-3-9-16/h1-13H,15H2.